The summed E-state index contributed by atoms with van der Waals surface area (Å²) in [5.41, 5.74) is 1.09. The van der Waals surface area contributed by atoms with Gasteiger partial charge in [0.2, 0.25) is 0 Å². The van der Waals surface area contributed by atoms with E-state index in [9.17, 15) is 13.5 Å². The van der Waals surface area contributed by atoms with E-state index in [0.29, 0.717) is 13.1 Å². The molecule has 3 rings (SSSR count). The third-order valence-corrected chi connectivity index (χ3v) is 6.16. The number of H-pyrrole nitrogens is 1. The zero-order chi connectivity index (χ0) is 14.2. The van der Waals surface area contributed by atoms with Crippen LogP contribution in [0.5, 0.6) is 0 Å². The van der Waals surface area contributed by atoms with Crippen LogP contribution in [0.1, 0.15) is 11.5 Å². The van der Waals surface area contributed by atoms with Gasteiger partial charge in [0.15, 0.2) is 5.03 Å². The van der Waals surface area contributed by atoms with Gasteiger partial charge in [0.1, 0.15) is 0 Å². The molecule has 2 aromatic rings. The second kappa shape index (κ2) is 5.28. The number of aromatic amines is 1. The zero-order valence-corrected chi connectivity index (χ0v) is 12.3. The van der Waals surface area contributed by atoms with Gasteiger partial charge < -0.3 is 10.1 Å². The lowest BCUT2D eigenvalue weighted by Gasteiger charge is -2.14. The Morgan fingerprint density at radius 3 is 2.95 bits per heavy atom. The first kappa shape index (κ1) is 13.7. The molecule has 2 N–H and O–H groups in total. The van der Waals surface area contributed by atoms with Gasteiger partial charge in [-0.05, 0) is 22.4 Å². The third-order valence-electron chi connectivity index (χ3n) is 3.70. The first-order chi connectivity index (χ1) is 9.63. The van der Waals surface area contributed by atoms with Crippen LogP contribution in [-0.2, 0) is 10.0 Å². The highest BCUT2D eigenvalue weighted by Crippen LogP contribution is 2.35. The maximum Gasteiger partial charge on any atom is 0.260 e. The molecule has 6 nitrogen and oxygen atoms in total. The summed E-state index contributed by atoms with van der Waals surface area (Å²) in [6, 6.07) is 1.99. The normalized spacial score (nSPS) is 24.2. The van der Waals surface area contributed by atoms with Crippen molar-refractivity contribution in [2.45, 2.75) is 10.9 Å². The Morgan fingerprint density at radius 1 is 1.50 bits per heavy atom. The van der Waals surface area contributed by atoms with Crippen molar-refractivity contribution in [2.24, 2.45) is 5.92 Å². The van der Waals surface area contributed by atoms with Crippen molar-refractivity contribution < 1.29 is 13.5 Å². The van der Waals surface area contributed by atoms with Crippen molar-refractivity contribution in [2.75, 3.05) is 19.7 Å². The molecule has 0 saturated carbocycles. The lowest BCUT2D eigenvalue weighted by atomic mass is 9.92. The molecule has 1 saturated heterocycles. The van der Waals surface area contributed by atoms with Crippen LogP contribution in [0.15, 0.2) is 34.4 Å². The van der Waals surface area contributed by atoms with E-state index in [0.717, 1.165) is 5.56 Å². The lowest BCUT2D eigenvalue weighted by molar-refractivity contribution is 0.223. The Balaban J connectivity index is 1.87. The fourth-order valence-corrected chi connectivity index (χ4v) is 4.74. The molecule has 2 atom stereocenters. The molecule has 0 amide bonds. The predicted octanol–water partition coefficient (Wildman–Crippen LogP) is 0.868. The molecule has 0 spiro atoms. The van der Waals surface area contributed by atoms with Gasteiger partial charge in [-0.2, -0.15) is 15.6 Å². The van der Waals surface area contributed by atoms with Crippen LogP contribution in [0, 0.1) is 5.92 Å². The summed E-state index contributed by atoms with van der Waals surface area (Å²) in [7, 11) is -3.55. The first-order valence-corrected chi connectivity index (χ1v) is 8.62. The molecule has 1 aliphatic heterocycles. The Morgan fingerprint density at radius 2 is 2.35 bits per heavy atom. The van der Waals surface area contributed by atoms with Crippen LogP contribution in [0.3, 0.4) is 0 Å². The molecule has 1 aliphatic rings. The minimum atomic E-state index is -3.55. The quantitative estimate of drug-likeness (QED) is 0.877. The van der Waals surface area contributed by atoms with Crippen LogP contribution in [0.2, 0.25) is 0 Å². The maximum atomic E-state index is 12.4. The summed E-state index contributed by atoms with van der Waals surface area (Å²) in [6.07, 6.45) is 2.66. The molecule has 0 aliphatic carbocycles. The average Bonchev–Trinajstić information content (AvgIpc) is 3.18. The summed E-state index contributed by atoms with van der Waals surface area (Å²) in [5.74, 6) is -0.0220. The number of aliphatic hydroxyl groups is 1. The molecule has 0 radical (unpaired) electrons. The van der Waals surface area contributed by atoms with Crippen molar-refractivity contribution >= 4 is 21.4 Å². The van der Waals surface area contributed by atoms with Gasteiger partial charge in [0, 0.05) is 31.5 Å². The van der Waals surface area contributed by atoms with Gasteiger partial charge >= 0.3 is 0 Å². The van der Waals surface area contributed by atoms with Crippen molar-refractivity contribution in [3.63, 3.8) is 0 Å². The molecule has 20 heavy (non-hydrogen) atoms. The average molecular weight is 313 g/mol. The molecular formula is C12H15N3O3S2. The van der Waals surface area contributed by atoms with Crippen molar-refractivity contribution in [3.05, 3.63) is 34.9 Å². The number of nitrogens with one attached hydrogen (secondary N) is 1. The molecular weight excluding hydrogens is 298 g/mol. The summed E-state index contributed by atoms with van der Waals surface area (Å²) < 4.78 is 26.3. The Kier molecular flexibility index (Phi) is 3.63. The minimum absolute atomic E-state index is 0.0183. The number of aliphatic hydroxyl groups excluding tert-OH is 1. The standard InChI is InChI=1S/C12H15N3O3S2/c16-6-10-4-15(5-11(10)9-1-2-19-7-9)20(17,18)12-3-13-8-14-12/h1-3,7-8,10-11,16H,4-6H2,(H,13,14). The number of hydrogen-bond donors (Lipinski definition) is 2. The Bertz CT molecular complexity index is 652. The number of aromatic nitrogens is 2. The molecule has 0 bridgehead atoms. The van der Waals surface area contributed by atoms with E-state index in [1.165, 1.54) is 16.8 Å². The highest BCUT2D eigenvalue weighted by atomic mass is 32.2. The molecule has 0 aromatic carbocycles. The highest BCUT2D eigenvalue weighted by Gasteiger charge is 2.40. The minimum Gasteiger partial charge on any atom is -0.396 e. The molecule has 108 valence electrons. The summed E-state index contributed by atoms with van der Waals surface area (Å²) in [5, 5.41) is 13.6. The van der Waals surface area contributed by atoms with Crippen molar-refractivity contribution in [1.29, 1.82) is 0 Å². The summed E-state index contributed by atoms with van der Waals surface area (Å²) >= 11 is 1.58. The van der Waals surface area contributed by atoms with Crippen molar-refractivity contribution in [3.8, 4) is 0 Å². The number of sulfonamides is 1. The zero-order valence-electron chi connectivity index (χ0n) is 10.6. The van der Waals surface area contributed by atoms with Crippen LogP contribution < -0.4 is 0 Å². The van der Waals surface area contributed by atoms with Crippen LogP contribution in [-0.4, -0.2) is 47.5 Å². The van der Waals surface area contributed by atoms with Crippen LogP contribution >= 0.6 is 11.3 Å². The topological polar surface area (TPSA) is 86.3 Å². The summed E-state index contributed by atoms with van der Waals surface area (Å²) in [6.45, 7) is 0.706. The smallest absolute Gasteiger partial charge is 0.260 e. The second-order valence-electron chi connectivity index (χ2n) is 4.84. The number of imidazole rings is 1. The van der Waals surface area contributed by atoms with Gasteiger partial charge in [0.25, 0.3) is 10.0 Å². The van der Waals surface area contributed by atoms with Gasteiger partial charge in [-0.15, -0.1) is 0 Å². The van der Waals surface area contributed by atoms with E-state index in [-0.39, 0.29) is 23.5 Å². The van der Waals surface area contributed by atoms with E-state index in [2.05, 4.69) is 9.97 Å². The molecule has 2 aromatic heterocycles. The predicted molar refractivity (Wildman–Crippen MR) is 75.0 cm³/mol. The van der Waals surface area contributed by atoms with Crippen LogP contribution in [0.4, 0.5) is 0 Å². The third kappa shape index (κ3) is 2.28. The fraction of sp³-hybridized carbons (Fsp3) is 0.417. The maximum absolute atomic E-state index is 12.4. The van der Waals surface area contributed by atoms with E-state index in [1.807, 2.05) is 16.8 Å². The molecule has 3 heterocycles. The van der Waals surface area contributed by atoms with E-state index >= 15 is 0 Å². The number of nitrogens with zero attached hydrogens (tertiary/aromatic N) is 2. The van der Waals surface area contributed by atoms with Gasteiger partial charge in [-0.3, -0.25) is 0 Å². The van der Waals surface area contributed by atoms with E-state index < -0.39 is 10.0 Å². The Labute approximate surface area is 121 Å². The molecule has 8 heteroatoms. The van der Waals surface area contributed by atoms with E-state index in [4.69, 9.17) is 0 Å². The lowest BCUT2D eigenvalue weighted by Crippen LogP contribution is -2.29. The van der Waals surface area contributed by atoms with Crippen LogP contribution in [0.25, 0.3) is 0 Å². The first-order valence-electron chi connectivity index (χ1n) is 6.24. The second-order valence-corrected chi connectivity index (χ2v) is 7.53. The Hall–Kier alpha value is -1.22. The number of rotatable bonds is 4. The number of hydrogen-bond acceptors (Lipinski definition) is 5. The van der Waals surface area contributed by atoms with Gasteiger partial charge in [-0.25, -0.2) is 13.4 Å². The SMILES string of the molecule is O=S(=O)(c1cnc[nH]1)N1CC(CO)C(c2ccsc2)C1. The largest absolute Gasteiger partial charge is 0.396 e. The highest BCUT2D eigenvalue weighted by molar-refractivity contribution is 7.89. The summed E-state index contributed by atoms with van der Waals surface area (Å²) in [4.78, 5) is 6.39. The monoisotopic (exact) mass is 313 g/mol. The van der Waals surface area contributed by atoms with Crippen molar-refractivity contribution in [1.82, 2.24) is 14.3 Å². The molecule has 2 unspecified atom stereocenters. The fourth-order valence-electron chi connectivity index (χ4n) is 2.60. The van der Waals surface area contributed by atoms with Gasteiger partial charge in [0.05, 0.1) is 12.5 Å². The molecule has 1 fully saturated rings. The van der Waals surface area contributed by atoms with E-state index in [1.54, 1.807) is 11.3 Å². The van der Waals surface area contributed by atoms with Gasteiger partial charge in [-0.1, -0.05) is 0 Å². The number of thiophene rings is 1.